The number of halogens is 6. The highest BCUT2D eigenvalue weighted by Gasteiger charge is 2.61. The van der Waals surface area contributed by atoms with E-state index in [4.69, 9.17) is 5.73 Å². The Hall–Kier alpha value is -3.29. The van der Waals surface area contributed by atoms with Crippen molar-refractivity contribution < 1.29 is 44.7 Å². The van der Waals surface area contributed by atoms with Gasteiger partial charge in [-0.05, 0) is 47.7 Å². The molecule has 0 saturated carbocycles. The number of carbonyl (C=O) groups is 1. The molecular formula is C20H19F6N7O4S2. The van der Waals surface area contributed by atoms with Gasteiger partial charge in [-0.2, -0.15) is 30.6 Å². The average Bonchev–Trinajstić information content (AvgIpc) is 3.54. The molecule has 1 saturated heterocycles. The van der Waals surface area contributed by atoms with Crippen molar-refractivity contribution in [2.24, 2.45) is 5.73 Å². The van der Waals surface area contributed by atoms with E-state index in [1.54, 1.807) is 0 Å². The number of alkyl halides is 6. The molecule has 3 heterocycles. The summed E-state index contributed by atoms with van der Waals surface area (Å²) in [4.78, 5) is 11.7. The second kappa shape index (κ2) is 9.72. The van der Waals surface area contributed by atoms with Crippen LogP contribution in [-0.2, 0) is 26.6 Å². The number of carbonyl (C=O) groups excluding carboxylic acids is 1. The molecular weight excluding hydrogens is 580 g/mol. The number of H-pyrrole nitrogens is 1. The Morgan fingerprint density at radius 3 is 2.38 bits per heavy atom. The first-order chi connectivity index (χ1) is 18.0. The molecule has 3 aromatic rings. The molecule has 2 aromatic heterocycles. The standard InChI is InChI=1S/C20H19F6N7O4S2/c1-10-9-32(13-3-2-11(16-28-30-31-29-16)8-12(13)19(21,22)23)6-7-33(10)39(36,37)15-5-4-14(38-15)18(35,17(27)34)20(24,25)26/h2-5,8,10,35H,6-7,9H2,1H3,(H2,27,34)(H,28,29,30,31)/t10-,18?/m1/s1. The number of sulfonamides is 1. The number of nitrogens with zero attached hydrogens (tertiary/aromatic N) is 5. The van der Waals surface area contributed by atoms with Crippen LogP contribution in [-0.4, -0.2) is 76.2 Å². The van der Waals surface area contributed by atoms with E-state index in [-0.39, 0.29) is 48.0 Å². The molecule has 1 unspecified atom stereocenters. The first-order valence-corrected chi connectivity index (χ1v) is 13.1. The van der Waals surface area contributed by atoms with Crippen LogP contribution in [0.5, 0.6) is 0 Å². The first kappa shape index (κ1) is 28.7. The molecule has 0 aliphatic carbocycles. The fourth-order valence-electron chi connectivity index (χ4n) is 4.15. The van der Waals surface area contributed by atoms with E-state index in [0.29, 0.717) is 6.07 Å². The number of hydrogen-bond acceptors (Lipinski definition) is 9. The quantitative estimate of drug-likeness (QED) is 0.364. The van der Waals surface area contributed by atoms with Gasteiger partial charge >= 0.3 is 12.4 Å². The molecule has 1 aliphatic rings. The van der Waals surface area contributed by atoms with Crippen molar-refractivity contribution in [1.82, 2.24) is 24.9 Å². The number of aromatic nitrogens is 4. The molecule has 0 spiro atoms. The van der Waals surface area contributed by atoms with Crippen LogP contribution in [0.1, 0.15) is 17.4 Å². The van der Waals surface area contributed by atoms with E-state index in [2.05, 4.69) is 20.6 Å². The van der Waals surface area contributed by atoms with Crippen molar-refractivity contribution in [2.75, 3.05) is 24.5 Å². The van der Waals surface area contributed by atoms with Crippen LogP contribution in [0.4, 0.5) is 32.0 Å². The van der Waals surface area contributed by atoms with Gasteiger partial charge in [-0.25, -0.2) is 13.5 Å². The molecule has 4 N–H and O–H groups in total. The number of nitrogens with two attached hydrogens (primary N) is 1. The average molecular weight is 600 g/mol. The number of aromatic amines is 1. The molecule has 1 aromatic carbocycles. The number of thiophene rings is 1. The van der Waals surface area contributed by atoms with Crippen molar-refractivity contribution in [3.63, 3.8) is 0 Å². The topological polar surface area (TPSA) is 158 Å². The van der Waals surface area contributed by atoms with Gasteiger partial charge in [-0.3, -0.25) is 4.79 Å². The van der Waals surface area contributed by atoms with Crippen LogP contribution in [0.15, 0.2) is 34.5 Å². The Labute approximate surface area is 220 Å². The second-order valence-electron chi connectivity index (χ2n) is 8.58. The molecule has 39 heavy (non-hydrogen) atoms. The zero-order valence-corrected chi connectivity index (χ0v) is 21.3. The maximum atomic E-state index is 13.9. The molecule has 11 nitrogen and oxygen atoms in total. The smallest absolute Gasteiger partial charge is 0.368 e. The van der Waals surface area contributed by atoms with Crippen LogP contribution < -0.4 is 10.6 Å². The number of benzene rings is 1. The second-order valence-corrected chi connectivity index (χ2v) is 11.8. The van der Waals surface area contributed by atoms with E-state index < -0.39 is 54.6 Å². The Balaban J connectivity index is 1.60. The molecule has 19 heteroatoms. The number of amides is 1. The molecule has 2 atom stereocenters. The highest BCUT2D eigenvalue weighted by Crippen LogP contribution is 2.44. The number of hydrogen-bond donors (Lipinski definition) is 3. The van der Waals surface area contributed by atoms with Crippen molar-refractivity contribution in [1.29, 1.82) is 0 Å². The van der Waals surface area contributed by atoms with E-state index in [1.165, 1.54) is 24.0 Å². The van der Waals surface area contributed by atoms with Crippen molar-refractivity contribution in [3.05, 3.63) is 40.8 Å². The third-order valence-electron chi connectivity index (χ3n) is 6.10. The Morgan fingerprint density at radius 2 is 1.85 bits per heavy atom. The van der Waals surface area contributed by atoms with Crippen molar-refractivity contribution >= 4 is 33.0 Å². The number of tetrazole rings is 1. The van der Waals surface area contributed by atoms with Crippen molar-refractivity contribution in [2.45, 2.75) is 35.1 Å². The summed E-state index contributed by atoms with van der Waals surface area (Å²) in [6, 6.07) is 3.97. The van der Waals surface area contributed by atoms with E-state index >= 15 is 0 Å². The van der Waals surface area contributed by atoms with Gasteiger partial charge in [-0.15, -0.1) is 16.4 Å². The van der Waals surface area contributed by atoms with Crippen LogP contribution >= 0.6 is 11.3 Å². The molecule has 4 rings (SSSR count). The third-order valence-corrected chi connectivity index (χ3v) is 9.77. The van der Waals surface area contributed by atoms with E-state index in [0.717, 1.165) is 16.4 Å². The van der Waals surface area contributed by atoms with Gasteiger partial charge in [0.25, 0.3) is 21.5 Å². The Kier molecular flexibility index (Phi) is 7.15. The lowest BCUT2D eigenvalue weighted by atomic mass is 10.0. The molecule has 0 bridgehead atoms. The lowest BCUT2D eigenvalue weighted by molar-refractivity contribution is -0.254. The predicted molar refractivity (Wildman–Crippen MR) is 124 cm³/mol. The zero-order chi connectivity index (χ0) is 29.0. The molecule has 1 aliphatic heterocycles. The fourth-order valence-corrected chi connectivity index (χ4v) is 7.32. The SMILES string of the molecule is C[C@@H]1CN(c2ccc(-c3nnn[nH]3)cc2C(F)(F)F)CCN1S(=O)(=O)c1ccc(C(O)(C(N)=O)C(F)(F)F)s1. The summed E-state index contributed by atoms with van der Waals surface area (Å²) in [7, 11) is -4.46. The van der Waals surface area contributed by atoms with Crippen LogP contribution in [0.2, 0.25) is 0 Å². The lowest BCUT2D eigenvalue weighted by Crippen LogP contribution is -2.54. The summed E-state index contributed by atoms with van der Waals surface area (Å²) >= 11 is 0.0190. The summed E-state index contributed by atoms with van der Waals surface area (Å²) in [6.45, 7) is 0.760. The minimum atomic E-state index is -5.51. The normalized spacial score (nSPS) is 19.2. The maximum absolute atomic E-state index is 13.9. The summed E-state index contributed by atoms with van der Waals surface area (Å²) in [5, 5.41) is 22.6. The Bertz CT molecular complexity index is 1480. The van der Waals surface area contributed by atoms with Gasteiger partial charge < -0.3 is 15.7 Å². The molecule has 1 fully saturated rings. The molecule has 212 valence electrons. The minimum Gasteiger partial charge on any atom is -0.368 e. The number of rotatable bonds is 6. The van der Waals surface area contributed by atoms with Crippen molar-refractivity contribution in [3.8, 4) is 11.4 Å². The van der Waals surface area contributed by atoms with Gasteiger partial charge in [0.2, 0.25) is 0 Å². The minimum absolute atomic E-state index is 0.0143. The number of aliphatic hydroxyl groups is 1. The lowest BCUT2D eigenvalue weighted by Gasteiger charge is -2.40. The largest absolute Gasteiger partial charge is 0.431 e. The zero-order valence-electron chi connectivity index (χ0n) is 19.7. The van der Waals surface area contributed by atoms with Gasteiger partial charge in [0.05, 0.1) is 10.4 Å². The van der Waals surface area contributed by atoms with Gasteiger partial charge in [0, 0.05) is 36.9 Å². The van der Waals surface area contributed by atoms with Crippen LogP contribution in [0.25, 0.3) is 11.4 Å². The highest BCUT2D eigenvalue weighted by atomic mass is 32.2. The molecule has 0 radical (unpaired) electrons. The first-order valence-electron chi connectivity index (χ1n) is 10.9. The summed E-state index contributed by atoms with van der Waals surface area (Å²) in [5.74, 6) is -2.12. The van der Waals surface area contributed by atoms with Gasteiger partial charge in [0.1, 0.15) is 4.21 Å². The number of piperazine rings is 1. The predicted octanol–water partition coefficient (Wildman–Crippen LogP) is 2.08. The number of anilines is 1. The maximum Gasteiger partial charge on any atom is 0.431 e. The fraction of sp³-hybridized carbons (Fsp3) is 0.400. The van der Waals surface area contributed by atoms with E-state index in [1.807, 2.05) is 0 Å². The number of primary amides is 1. The Morgan fingerprint density at radius 1 is 1.15 bits per heavy atom. The monoisotopic (exact) mass is 599 g/mol. The van der Waals surface area contributed by atoms with Crippen LogP contribution in [0.3, 0.4) is 0 Å². The summed E-state index contributed by atoms with van der Waals surface area (Å²) < 4.78 is 109. The highest BCUT2D eigenvalue weighted by molar-refractivity contribution is 7.91. The van der Waals surface area contributed by atoms with Gasteiger partial charge in [-0.1, -0.05) is 0 Å². The summed E-state index contributed by atoms with van der Waals surface area (Å²) in [6.07, 6.45) is -10.3. The van der Waals surface area contributed by atoms with Crippen LogP contribution in [0, 0.1) is 0 Å². The van der Waals surface area contributed by atoms with E-state index in [9.17, 15) is 44.7 Å². The third kappa shape index (κ3) is 5.06. The summed E-state index contributed by atoms with van der Waals surface area (Å²) in [5.41, 5.74) is -0.469. The van der Waals surface area contributed by atoms with Gasteiger partial charge in [0.15, 0.2) is 5.82 Å². The number of nitrogens with one attached hydrogen (secondary N) is 1. The molecule has 1 amide bonds.